The van der Waals surface area contributed by atoms with Crippen LogP contribution >= 0.6 is 0 Å². The van der Waals surface area contributed by atoms with E-state index in [1.807, 2.05) is 0 Å². The van der Waals surface area contributed by atoms with Gasteiger partial charge in [-0.15, -0.1) is 0 Å². The van der Waals surface area contributed by atoms with Gasteiger partial charge in [0.05, 0.1) is 0 Å². The number of phenols is 1. The Morgan fingerprint density at radius 3 is 2.67 bits per heavy atom. The van der Waals surface area contributed by atoms with Gasteiger partial charge < -0.3 is 15.3 Å². The van der Waals surface area contributed by atoms with Crippen LogP contribution in [0.4, 0.5) is 4.39 Å². The van der Waals surface area contributed by atoms with Gasteiger partial charge in [0, 0.05) is 24.2 Å². The fourth-order valence-corrected chi connectivity index (χ4v) is 2.50. The van der Waals surface area contributed by atoms with Gasteiger partial charge in [-0.2, -0.15) is 0 Å². The standard InChI is InChI=1S/C14H21FN2O/c1-17(2)14(7-4-8-14)10-16-9-11-5-3-6-12(15)13(11)18/h3,5-6,16,18H,4,7-10H2,1-2H3. The summed E-state index contributed by atoms with van der Waals surface area (Å²) in [7, 11) is 4.20. The lowest BCUT2D eigenvalue weighted by Crippen LogP contribution is -2.56. The van der Waals surface area contributed by atoms with Crippen molar-refractivity contribution in [3.8, 4) is 5.75 Å². The zero-order valence-corrected chi connectivity index (χ0v) is 11.0. The average molecular weight is 252 g/mol. The fraction of sp³-hybridized carbons (Fsp3) is 0.571. The van der Waals surface area contributed by atoms with Gasteiger partial charge in [-0.05, 0) is 39.4 Å². The van der Waals surface area contributed by atoms with Gasteiger partial charge in [-0.3, -0.25) is 0 Å². The van der Waals surface area contributed by atoms with E-state index in [2.05, 4.69) is 24.3 Å². The van der Waals surface area contributed by atoms with Crippen LogP contribution in [0.25, 0.3) is 0 Å². The minimum Gasteiger partial charge on any atom is -0.505 e. The SMILES string of the molecule is CN(C)C1(CNCc2cccc(F)c2O)CCC1. The Balaban J connectivity index is 1.90. The Bertz CT molecular complexity index is 416. The molecule has 0 bridgehead atoms. The zero-order valence-electron chi connectivity index (χ0n) is 11.0. The second-order valence-electron chi connectivity index (χ2n) is 5.32. The number of hydrogen-bond donors (Lipinski definition) is 2. The maximum Gasteiger partial charge on any atom is 0.165 e. The van der Waals surface area contributed by atoms with Crippen LogP contribution in [0, 0.1) is 5.82 Å². The van der Waals surface area contributed by atoms with Gasteiger partial charge >= 0.3 is 0 Å². The van der Waals surface area contributed by atoms with Gasteiger partial charge in [-0.1, -0.05) is 12.1 Å². The van der Waals surface area contributed by atoms with E-state index in [-0.39, 0.29) is 11.3 Å². The first-order valence-electron chi connectivity index (χ1n) is 6.40. The van der Waals surface area contributed by atoms with Crippen LogP contribution in [0.15, 0.2) is 18.2 Å². The quantitative estimate of drug-likeness (QED) is 0.842. The highest BCUT2D eigenvalue weighted by molar-refractivity contribution is 5.33. The minimum atomic E-state index is -0.555. The molecule has 100 valence electrons. The van der Waals surface area contributed by atoms with E-state index in [0.717, 1.165) is 6.54 Å². The summed E-state index contributed by atoms with van der Waals surface area (Å²) in [6.45, 7) is 1.37. The molecule has 0 atom stereocenters. The van der Waals surface area contributed by atoms with E-state index in [9.17, 15) is 9.50 Å². The van der Waals surface area contributed by atoms with E-state index in [0.29, 0.717) is 12.1 Å². The molecule has 3 nitrogen and oxygen atoms in total. The topological polar surface area (TPSA) is 35.5 Å². The van der Waals surface area contributed by atoms with Crippen molar-refractivity contribution in [1.82, 2.24) is 10.2 Å². The highest BCUT2D eigenvalue weighted by Gasteiger charge is 2.38. The van der Waals surface area contributed by atoms with E-state index >= 15 is 0 Å². The van der Waals surface area contributed by atoms with Crippen LogP contribution in [0.2, 0.25) is 0 Å². The summed E-state index contributed by atoms with van der Waals surface area (Å²) < 4.78 is 13.2. The van der Waals surface area contributed by atoms with Crippen LogP contribution < -0.4 is 5.32 Å². The van der Waals surface area contributed by atoms with E-state index in [1.54, 1.807) is 12.1 Å². The molecule has 4 heteroatoms. The first kappa shape index (κ1) is 13.3. The smallest absolute Gasteiger partial charge is 0.165 e. The molecular weight excluding hydrogens is 231 g/mol. The number of rotatable bonds is 5. The van der Waals surface area contributed by atoms with E-state index < -0.39 is 5.82 Å². The minimum absolute atomic E-state index is 0.238. The number of nitrogens with zero attached hydrogens (tertiary/aromatic N) is 1. The van der Waals surface area contributed by atoms with Crippen molar-refractivity contribution < 1.29 is 9.50 Å². The second kappa shape index (κ2) is 5.24. The molecule has 1 aliphatic carbocycles. The Morgan fingerprint density at radius 1 is 1.39 bits per heavy atom. The first-order chi connectivity index (χ1) is 8.55. The molecule has 1 saturated carbocycles. The second-order valence-corrected chi connectivity index (χ2v) is 5.32. The molecule has 0 heterocycles. The summed E-state index contributed by atoms with van der Waals surface area (Å²) in [4.78, 5) is 2.26. The van der Waals surface area contributed by atoms with Crippen molar-refractivity contribution in [2.24, 2.45) is 0 Å². The van der Waals surface area contributed by atoms with Crippen LogP contribution in [-0.4, -0.2) is 36.2 Å². The third kappa shape index (κ3) is 2.49. The Labute approximate surface area is 108 Å². The largest absolute Gasteiger partial charge is 0.505 e. The molecule has 1 aromatic rings. The van der Waals surface area contributed by atoms with Gasteiger partial charge in [-0.25, -0.2) is 4.39 Å². The van der Waals surface area contributed by atoms with Crippen LogP contribution in [0.5, 0.6) is 5.75 Å². The molecular formula is C14H21FN2O. The maximum atomic E-state index is 13.2. The molecule has 2 N–H and O–H groups in total. The fourth-order valence-electron chi connectivity index (χ4n) is 2.50. The normalized spacial score (nSPS) is 17.8. The lowest BCUT2D eigenvalue weighted by Gasteiger charge is -2.47. The monoisotopic (exact) mass is 252 g/mol. The van der Waals surface area contributed by atoms with E-state index in [1.165, 1.54) is 25.3 Å². The van der Waals surface area contributed by atoms with Crippen molar-refractivity contribution >= 4 is 0 Å². The summed E-state index contributed by atoms with van der Waals surface area (Å²) in [5.41, 5.74) is 0.853. The number of benzene rings is 1. The molecule has 1 aromatic carbocycles. The molecule has 0 unspecified atom stereocenters. The van der Waals surface area contributed by atoms with Gasteiger partial charge in [0.25, 0.3) is 0 Å². The zero-order chi connectivity index (χ0) is 13.2. The van der Waals surface area contributed by atoms with Crippen molar-refractivity contribution in [1.29, 1.82) is 0 Å². The Kier molecular flexibility index (Phi) is 3.88. The first-order valence-corrected chi connectivity index (χ1v) is 6.40. The number of aromatic hydroxyl groups is 1. The lowest BCUT2D eigenvalue weighted by atomic mass is 9.75. The molecule has 0 aliphatic heterocycles. The molecule has 1 aliphatic rings. The molecule has 2 rings (SSSR count). The van der Waals surface area contributed by atoms with Gasteiger partial charge in [0.15, 0.2) is 11.6 Å². The molecule has 0 aromatic heterocycles. The lowest BCUT2D eigenvalue weighted by molar-refractivity contribution is 0.0597. The highest BCUT2D eigenvalue weighted by atomic mass is 19.1. The van der Waals surface area contributed by atoms with Crippen molar-refractivity contribution in [3.05, 3.63) is 29.6 Å². The third-order valence-corrected chi connectivity index (χ3v) is 4.07. The summed E-state index contributed by atoms with van der Waals surface area (Å²) in [6.07, 6.45) is 3.66. The summed E-state index contributed by atoms with van der Waals surface area (Å²) in [6, 6.07) is 4.64. The highest BCUT2D eigenvalue weighted by Crippen LogP contribution is 2.35. The van der Waals surface area contributed by atoms with Crippen molar-refractivity contribution in [3.63, 3.8) is 0 Å². The van der Waals surface area contributed by atoms with Crippen LogP contribution in [-0.2, 0) is 6.54 Å². The molecule has 0 spiro atoms. The number of likely N-dealkylation sites (N-methyl/N-ethyl adjacent to an activating group) is 1. The van der Waals surface area contributed by atoms with Gasteiger partial charge in [0.1, 0.15) is 0 Å². The molecule has 0 radical (unpaired) electrons. The summed E-state index contributed by atoms with van der Waals surface area (Å²) >= 11 is 0. The maximum absolute atomic E-state index is 13.2. The molecule has 0 amide bonds. The average Bonchev–Trinajstić information content (AvgIpc) is 2.27. The number of para-hydroxylation sites is 1. The molecule has 18 heavy (non-hydrogen) atoms. The predicted octanol–water partition coefficient (Wildman–Crippen LogP) is 2.11. The summed E-state index contributed by atoms with van der Waals surface area (Å²) in [5, 5.41) is 12.9. The Hall–Kier alpha value is -1.13. The summed E-state index contributed by atoms with van der Waals surface area (Å²) in [5.74, 6) is -0.794. The number of phenolic OH excluding ortho intramolecular Hbond substituents is 1. The van der Waals surface area contributed by atoms with E-state index in [4.69, 9.17) is 0 Å². The van der Waals surface area contributed by atoms with Crippen LogP contribution in [0.3, 0.4) is 0 Å². The number of hydrogen-bond acceptors (Lipinski definition) is 3. The Morgan fingerprint density at radius 2 is 2.11 bits per heavy atom. The van der Waals surface area contributed by atoms with Crippen molar-refractivity contribution in [2.45, 2.75) is 31.3 Å². The number of halogens is 1. The van der Waals surface area contributed by atoms with Gasteiger partial charge in [0.2, 0.25) is 0 Å². The number of nitrogens with one attached hydrogen (secondary N) is 1. The van der Waals surface area contributed by atoms with Crippen molar-refractivity contribution in [2.75, 3.05) is 20.6 Å². The molecule has 0 saturated heterocycles. The third-order valence-electron chi connectivity index (χ3n) is 4.07. The molecule has 1 fully saturated rings. The van der Waals surface area contributed by atoms with Crippen LogP contribution in [0.1, 0.15) is 24.8 Å². The predicted molar refractivity (Wildman–Crippen MR) is 70.0 cm³/mol.